The zero-order valence-corrected chi connectivity index (χ0v) is 14.9. The number of aromatic amines is 1. The first kappa shape index (κ1) is 16.0. The van der Waals surface area contributed by atoms with Crippen LogP contribution in [0.3, 0.4) is 0 Å². The summed E-state index contributed by atoms with van der Waals surface area (Å²) in [4.78, 5) is 25.9. The number of benzene rings is 1. The van der Waals surface area contributed by atoms with Crippen molar-refractivity contribution in [3.8, 4) is 0 Å². The van der Waals surface area contributed by atoms with Gasteiger partial charge in [0.2, 0.25) is 0 Å². The lowest BCUT2D eigenvalue weighted by Crippen LogP contribution is -2.48. The summed E-state index contributed by atoms with van der Waals surface area (Å²) in [5.41, 5.74) is 2.42. The molecule has 0 radical (unpaired) electrons. The largest absolute Gasteiger partial charge is 0.368 e. The van der Waals surface area contributed by atoms with E-state index in [1.54, 1.807) is 0 Å². The predicted octanol–water partition coefficient (Wildman–Crippen LogP) is 2.01. The summed E-state index contributed by atoms with van der Waals surface area (Å²) in [5.74, 6) is 1.09. The number of nitrogens with zero attached hydrogens (tertiary/aromatic N) is 5. The number of aromatic nitrogens is 4. The smallest absolute Gasteiger partial charge is 0.297 e. The minimum Gasteiger partial charge on any atom is -0.368 e. The van der Waals surface area contributed by atoms with Gasteiger partial charge in [-0.1, -0.05) is 11.6 Å². The van der Waals surface area contributed by atoms with Gasteiger partial charge in [0.25, 0.3) is 11.3 Å². The molecule has 0 unspecified atom stereocenters. The normalized spacial score (nSPS) is 15.2. The van der Waals surface area contributed by atoms with Gasteiger partial charge in [-0.3, -0.25) is 9.89 Å². The Morgan fingerprint density at radius 1 is 1.00 bits per heavy atom. The molecule has 0 atom stereocenters. The van der Waals surface area contributed by atoms with Crippen molar-refractivity contribution in [2.45, 2.75) is 13.8 Å². The average molecular weight is 359 g/mol. The third kappa shape index (κ3) is 2.84. The number of aryl methyl sites for hydroxylation is 2. The molecule has 4 rings (SSSR count). The zero-order chi connectivity index (χ0) is 17.6. The van der Waals surface area contributed by atoms with Crippen molar-refractivity contribution in [3.05, 3.63) is 51.2 Å². The van der Waals surface area contributed by atoms with Crippen molar-refractivity contribution in [3.63, 3.8) is 0 Å². The quantitative estimate of drug-likeness (QED) is 0.759. The number of hydrogen-bond acceptors (Lipinski definition) is 5. The summed E-state index contributed by atoms with van der Waals surface area (Å²) in [7, 11) is 0. The SMILES string of the molecule is Cc1nc2nc(C)c(N3CCN(c4ccc(Cl)cc4)CC3)c(=O)n2[nH]1. The maximum Gasteiger partial charge on any atom is 0.297 e. The van der Waals surface area contributed by atoms with E-state index in [0.717, 1.165) is 42.6 Å². The lowest BCUT2D eigenvalue weighted by atomic mass is 10.2. The molecule has 25 heavy (non-hydrogen) atoms. The van der Waals surface area contributed by atoms with Crippen LogP contribution in [0.4, 0.5) is 11.4 Å². The van der Waals surface area contributed by atoms with Crippen LogP contribution in [-0.2, 0) is 0 Å². The minimum absolute atomic E-state index is 0.0944. The Kier molecular flexibility index (Phi) is 3.88. The fraction of sp³-hybridized carbons (Fsp3) is 0.353. The van der Waals surface area contributed by atoms with Gasteiger partial charge in [0.15, 0.2) is 0 Å². The first-order valence-electron chi connectivity index (χ1n) is 8.24. The molecule has 1 aliphatic heterocycles. The van der Waals surface area contributed by atoms with E-state index < -0.39 is 0 Å². The number of piperazine rings is 1. The van der Waals surface area contributed by atoms with E-state index in [1.165, 1.54) is 4.52 Å². The Morgan fingerprint density at radius 2 is 1.64 bits per heavy atom. The molecule has 1 aromatic carbocycles. The topological polar surface area (TPSA) is 69.5 Å². The number of nitrogens with one attached hydrogen (secondary N) is 1. The van der Waals surface area contributed by atoms with E-state index in [-0.39, 0.29) is 5.56 Å². The molecule has 3 heterocycles. The maximum absolute atomic E-state index is 12.8. The van der Waals surface area contributed by atoms with Crippen molar-refractivity contribution in [1.29, 1.82) is 0 Å². The standard InChI is InChI=1S/C17H19ClN6O/c1-11-15(16(25)24-17(19-11)20-12(2)21-24)23-9-7-22(8-10-23)14-5-3-13(18)4-6-14/h3-6H,7-10H2,1-2H3,(H,19,20,21). The number of halogens is 1. The van der Waals surface area contributed by atoms with Crippen LogP contribution in [-0.4, -0.2) is 45.8 Å². The lowest BCUT2D eigenvalue weighted by molar-refractivity contribution is 0.645. The summed E-state index contributed by atoms with van der Waals surface area (Å²) < 4.78 is 1.42. The summed E-state index contributed by atoms with van der Waals surface area (Å²) in [6.45, 7) is 6.88. The zero-order valence-electron chi connectivity index (χ0n) is 14.2. The molecule has 0 bridgehead atoms. The molecular weight excluding hydrogens is 340 g/mol. The second-order valence-electron chi connectivity index (χ2n) is 6.25. The first-order valence-corrected chi connectivity index (χ1v) is 8.62. The van der Waals surface area contributed by atoms with Crippen LogP contribution >= 0.6 is 11.6 Å². The van der Waals surface area contributed by atoms with Crippen LogP contribution in [0.5, 0.6) is 0 Å². The van der Waals surface area contributed by atoms with Gasteiger partial charge < -0.3 is 9.80 Å². The van der Waals surface area contributed by atoms with Gasteiger partial charge in [0.1, 0.15) is 11.5 Å². The molecule has 1 saturated heterocycles. The Balaban J connectivity index is 1.59. The molecule has 0 saturated carbocycles. The monoisotopic (exact) mass is 358 g/mol. The Hall–Kier alpha value is -2.54. The summed E-state index contributed by atoms with van der Waals surface area (Å²) >= 11 is 5.96. The van der Waals surface area contributed by atoms with Gasteiger partial charge in [-0.15, -0.1) is 0 Å². The van der Waals surface area contributed by atoms with Gasteiger partial charge >= 0.3 is 0 Å². The van der Waals surface area contributed by atoms with Gasteiger partial charge in [0.05, 0.1) is 5.69 Å². The van der Waals surface area contributed by atoms with E-state index >= 15 is 0 Å². The highest BCUT2D eigenvalue weighted by Crippen LogP contribution is 2.22. The molecule has 7 nitrogen and oxygen atoms in total. The van der Waals surface area contributed by atoms with Gasteiger partial charge in [-0.2, -0.15) is 9.50 Å². The third-order valence-corrected chi connectivity index (χ3v) is 4.80. The molecule has 1 fully saturated rings. The highest BCUT2D eigenvalue weighted by Gasteiger charge is 2.23. The molecule has 8 heteroatoms. The molecule has 1 N–H and O–H groups in total. The molecule has 2 aromatic heterocycles. The van der Waals surface area contributed by atoms with Crippen molar-refractivity contribution in [2.24, 2.45) is 0 Å². The van der Waals surface area contributed by atoms with E-state index in [2.05, 4.69) is 24.9 Å². The minimum atomic E-state index is -0.0944. The van der Waals surface area contributed by atoms with E-state index in [4.69, 9.17) is 11.6 Å². The molecule has 0 amide bonds. The number of hydrogen-bond donors (Lipinski definition) is 1. The van der Waals surface area contributed by atoms with Crippen molar-refractivity contribution in [2.75, 3.05) is 36.0 Å². The van der Waals surface area contributed by atoms with E-state index in [1.807, 2.05) is 38.1 Å². The fourth-order valence-corrected chi connectivity index (χ4v) is 3.45. The summed E-state index contributed by atoms with van der Waals surface area (Å²) in [5, 5.41) is 3.69. The Bertz CT molecular complexity index is 969. The highest BCUT2D eigenvalue weighted by atomic mass is 35.5. The van der Waals surface area contributed by atoms with Crippen LogP contribution < -0.4 is 15.4 Å². The predicted molar refractivity (Wildman–Crippen MR) is 99.0 cm³/mol. The van der Waals surface area contributed by atoms with Crippen molar-refractivity contribution in [1.82, 2.24) is 19.6 Å². The summed E-state index contributed by atoms with van der Waals surface area (Å²) in [6.07, 6.45) is 0. The van der Waals surface area contributed by atoms with Crippen LogP contribution in [0.25, 0.3) is 5.78 Å². The highest BCUT2D eigenvalue weighted by molar-refractivity contribution is 6.30. The Labute approximate surface area is 149 Å². The second kappa shape index (κ2) is 6.07. The average Bonchev–Trinajstić information content (AvgIpc) is 2.97. The van der Waals surface area contributed by atoms with Gasteiger partial charge in [0, 0.05) is 36.9 Å². The van der Waals surface area contributed by atoms with E-state index in [9.17, 15) is 4.79 Å². The fourth-order valence-electron chi connectivity index (χ4n) is 3.32. The molecule has 0 aliphatic carbocycles. The number of H-pyrrole nitrogens is 1. The van der Waals surface area contributed by atoms with Crippen LogP contribution in [0, 0.1) is 13.8 Å². The second-order valence-corrected chi connectivity index (χ2v) is 6.68. The first-order chi connectivity index (χ1) is 12.0. The van der Waals surface area contributed by atoms with Crippen LogP contribution in [0.1, 0.15) is 11.5 Å². The molecule has 3 aromatic rings. The van der Waals surface area contributed by atoms with E-state index in [0.29, 0.717) is 17.3 Å². The van der Waals surface area contributed by atoms with Crippen LogP contribution in [0.15, 0.2) is 29.1 Å². The van der Waals surface area contributed by atoms with Crippen LogP contribution in [0.2, 0.25) is 5.02 Å². The number of anilines is 2. The Morgan fingerprint density at radius 3 is 2.32 bits per heavy atom. The third-order valence-electron chi connectivity index (χ3n) is 4.55. The number of fused-ring (bicyclic) bond motifs is 1. The van der Waals surface area contributed by atoms with Gasteiger partial charge in [-0.25, -0.2) is 4.98 Å². The molecule has 0 spiro atoms. The maximum atomic E-state index is 12.8. The molecular formula is C17H19ClN6O. The van der Waals surface area contributed by atoms with Crippen molar-refractivity contribution < 1.29 is 0 Å². The van der Waals surface area contributed by atoms with Gasteiger partial charge in [-0.05, 0) is 38.1 Å². The lowest BCUT2D eigenvalue weighted by Gasteiger charge is -2.37. The van der Waals surface area contributed by atoms with Crippen molar-refractivity contribution >= 4 is 28.8 Å². The molecule has 1 aliphatic rings. The number of rotatable bonds is 2. The summed E-state index contributed by atoms with van der Waals surface area (Å²) in [6, 6.07) is 7.86. The molecule has 130 valence electrons.